The van der Waals surface area contributed by atoms with E-state index in [0.717, 1.165) is 27.8 Å². The van der Waals surface area contributed by atoms with E-state index in [0.29, 0.717) is 25.4 Å². The molecule has 1 aromatic rings. The predicted octanol–water partition coefficient (Wildman–Crippen LogP) is 1.79. The minimum Gasteiger partial charge on any atom is -0.457 e. The summed E-state index contributed by atoms with van der Waals surface area (Å²) in [5.41, 5.74) is 5.37. The van der Waals surface area contributed by atoms with Crippen LogP contribution in [0.15, 0.2) is 0 Å². The molecule has 0 saturated carbocycles. The maximum atomic E-state index is 12.0. The number of cyclic esters (lactones) is 1. The van der Waals surface area contributed by atoms with Crippen molar-refractivity contribution in [1.29, 1.82) is 0 Å². The van der Waals surface area contributed by atoms with E-state index in [9.17, 15) is 4.79 Å². The monoisotopic (exact) mass is 294 g/mol. The van der Waals surface area contributed by atoms with Crippen molar-refractivity contribution >= 4 is 5.97 Å². The lowest BCUT2D eigenvalue weighted by Gasteiger charge is -2.22. The Morgan fingerprint density at radius 3 is 2.43 bits per heavy atom. The number of hydrogen-bond donors (Lipinski definition) is 0. The molecule has 6 nitrogen and oxygen atoms in total. The van der Waals surface area contributed by atoms with Crippen molar-refractivity contribution in [2.24, 2.45) is 0 Å². The van der Waals surface area contributed by atoms with E-state index in [1.54, 1.807) is 7.11 Å². The van der Waals surface area contributed by atoms with Crippen LogP contribution in [0.4, 0.5) is 0 Å². The fourth-order valence-corrected chi connectivity index (χ4v) is 2.89. The van der Waals surface area contributed by atoms with Crippen molar-refractivity contribution < 1.29 is 28.5 Å². The van der Waals surface area contributed by atoms with E-state index in [2.05, 4.69) is 0 Å². The molecule has 21 heavy (non-hydrogen) atoms. The van der Waals surface area contributed by atoms with Crippen LogP contribution in [0.1, 0.15) is 38.2 Å². The maximum absolute atomic E-state index is 12.0. The molecule has 0 amide bonds. The van der Waals surface area contributed by atoms with Crippen molar-refractivity contribution in [3.8, 4) is 0 Å². The highest BCUT2D eigenvalue weighted by atomic mass is 16.7. The molecule has 114 valence electrons. The summed E-state index contributed by atoms with van der Waals surface area (Å²) in [6.45, 7) is 3.69. The summed E-state index contributed by atoms with van der Waals surface area (Å²) in [7, 11) is 1.65. The zero-order valence-corrected chi connectivity index (χ0v) is 12.2. The van der Waals surface area contributed by atoms with Gasteiger partial charge in [-0.25, -0.2) is 4.79 Å². The molecule has 2 aliphatic rings. The molecule has 0 N–H and O–H groups in total. The maximum Gasteiger partial charge on any atom is 0.339 e. The molecule has 0 aliphatic carbocycles. The summed E-state index contributed by atoms with van der Waals surface area (Å²) in [4.78, 5) is 12.0. The van der Waals surface area contributed by atoms with Gasteiger partial charge in [0.05, 0.1) is 25.4 Å². The van der Waals surface area contributed by atoms with E-state index in [4.69, 9.17) is 23.7 Å². The van der Waals surface area contributed by atoms with Gasteiger partial charge in [-0.2, -0.15) is 0 Å². The highest BCUT2D eigenvalue weighted by molar-refractivity contribution is 5.96. The largest absolute Gasteiger partial charge is 0.457 e. The highest BCUT2D eigenvalue weighted by Crippen LogP contribution is 2.34. The quantitative estimate of drug-likeness (QED) is 0.775. The number of hydrogen-bond acceptors (Lipinski definition) is 6. The van der Waals surface area contributed by atoms with Gasteiger partial charge in [0.1, 0.15) is 20.2 Å². The summed E-state index contributed by atoms with van der Waals surface area (Å²) >= 11 is 0. The second kappa shape index (κ2) is 6.11. The molecule has 0 saturated heterocycles. The number of rotatable bonds is 2. The van der Waals surface area contributed by atoms with E-state index in [1.165, 1.54) is 0 Å². The molecule has 0 spiro atoms. The van der Waals surface area contributed by atoms with Crippen molar-refractivity contribution in [3.05, 3.63) is 33.4 Å². The van der Waals surface area contributed by atoms with Gasteiger partial charge in [-0.15, -0.1) is 0 Å². The van der Waals surface area contributed by atoms with Crippen LogP contribution in [0.3, 0.4) is 0 Å². The van der Waals surface area contributed by atoms with Crippen molar-refractivity contribution in [3.63, 3.8) is 0 Å². The minimum absolute atomic E-state index is 0.152. The zero-order valence-electron chi connectivity index (χ0n) is 12.2. The van der Waals surface area contributed by atoms with Crippen LogP contribution < -0.4 is 0 Å². The van der Waals surface area contributed by atoms with Crippen LogP contribution in [0.25, 0.3) is 0 Å². The Hall–Kier alpha value is -1.47. The molecule has 3 rings (SSSR count). The first-order valence-corrected chi connectivity index (χ1v) is 6.79. The standard InChI is InChI=1S/C15H18O6/c1-9-10-4-18-7-20-8-19-5-12(11(10)3-17-2)13-6-21-15(16)14(9)13/h3-8H2,1-2H3. The van der Waals surface area contributed by atoms with Crippen LogP contribution in [0.5, 0.6) is 0 Å². The number of carbonyl (C=O) groups is 1. The lowest BCUT2D eigenvalue weighted by Crippen LogP contribution is -2.16. The highest BCUT2D eigenvalue weighted by Gasteiger charge is 2.31. The van der Waals surface area contributed by atoms with E-state index < -0.39 is 0 Å². The van der Waals surface area contributed by atoms with Gasteiger partial charge in [-0.3, -0.25) is 0 Å². The summed E-state index contributed by atoms with van der Waals surface area (Å²) in [5, 5.41) is 0. The second-order valence-corrected chi connectivity index (χ2v) is 5.06. The van der Waals surface area contributed by atoms with Gasteiger partial charge in [-0.05, 0) is 29.2 Å². The first-order chi connectivity index (χ1) is 10.2. The third-order valence-corrected chi connectivity index (χ3v) is 3.89. The first-order valence-electron chi connectivity index (χ1n) is 6.79. The Kier molecular flexibility index (Phi) is 4.21. The second-order valence-electron chi connectivity index (χ2n) is 5.06. The number of ether oxygens (including phenoxy) is 5. The lowest BCUT2D eigenvalue weighted by atomic mass is 9.88. The van der Waals surface area contributed by atoms with Gasteiger partial charge in [-0.1, -0.05) is 0 Å². The summed E-state index contributed by atoms with van der Waals surface area (Å²) in [5.74, 6) is -0.276. The fourth-order valence-electron chi connectivity index (χ4n) is 2.89. The minimum atomic E-state index is -0.276. The van der Waals surface area contributed by atoms with Crippen LogP contribution >= 0.6 is 0 Å². The Bertz CT molecular complexity index is 566. The van der Waals surface area contributed by atoms with Crippen LogP contribution in [0, 0.1) is 6.92 Å². The van der Waals surface area contributed by atoms with Gasteiger partial charge in [0.15, 0.2) is 0 Å². The molecule has 0 atom stereocenters. The van der Waals surface area contributed by atoms with Gasteiger partial charge in [0.25, 0.3) is 0 Å². The van der Waals surface area contributed by atoms with E-state index >= 15 is 0 Å². The molecule has 2 heterocycles. The molecular weight excluding hydrogens is 276 g/mol. The van der Waals surface area contributed by atoms with Crippen molar-refractivity contribution in [2.75, 3.05) is 20.7 Å². The number of esters is 1. The summed E-state index contributed by atoms with van der Waals surface area (Å²) in [6.07, 6.45) is 0. The van der Waals surface area contributed by atoms with Gasteiger partial charge in [0, 0.05) is 12.7 Å². The zero-order chi connectivity index (χ0) is 14.8. The van der Waals surface area contributed by atoms with Crippen LogP contribution in [-0.2, 0) is 50.1 Å². The number of fused-ring (bicyclic) bond motifs is 4. The first kappa shape index (κ1) is 14.5. The molecule has 2 bridgehead atoms. The Morgan fingerprint density at radius 2 is 1.71 bits per heavy atom. The average Bonchev–Trinajstić information content (AvgIpc) is 2.85. The molecule has 1 aromatic carbocycles. The van der Waals surface area contributed by atoms with Gasteiger partial charge >= 0.3 is 5.97 Å². The van der Waals surface area contributed by atoms with Crippen LogP contribution in [0.2, 0.25) is 0 Å². The van der Waals surface area contributed by atoms with Crippen molar-refractivity contribution in [2.45, 2.75) is 33.4 Å². The Morgan fingerprint density at radius 1 is 1.00 bits per heavy atom. The van der Waals surface area contributed by atoms with E-state index in [1.807, 2.05) is 6.92 Å². The Balaban J connectivity index is 2.19. The third-order valence-electron chi connectivity index (χ3n) is 3.89. The number of carbonyl (C=O) groups excluding carboxylic acids is 1. The van der Waals surface area contributed by atoms with Crippen LogP contribution in [-0.4, -0.2) is 26.7 Å². The molecule has 2 aliphatic heterocycles. The smallest absolute Gasteiger partial charge is 0.339 e. The van der Waals surface area contributed by atoms with E-state index in [-0.39, 0.29) is 26.2 Å². The van der Waals surface area contributed by atoms with Crippen molar-refractivity contribution in [1.82, 2.24) is 0 Å². The Labute approximate surface area is 122 Å². The molecule has 0 radical (unpaired) electrons. The summed E-state index contributed by atoms with van der Waals surface area (Å²) < 4.78 is 26.7. The molecule has 0 unspecified atom stereocenters. The molecule has 0 aromatic heterocycles. The normalized spacial score (nSPS) is 18.3. The lowest BCUT2D eigenvalue weighted by molar-refractivity contribution is -0.141. The van der Waals surface area contributed by atoms with Gasteiger partial charge in [0.2, 0.25) is 0 Å². The SMILES string of the molecule is COCc1c2c(C)c3c(c1COCOCOC2)COC3=O. The molecule has 0 fully saturated rings. The molecular formula is C15H18O6. The third kappa shape index (κ3) is 2.55. The topological polar surface area (TPSA) is 63.2 Å². The number of benzene rings is 1. The number of methoxy groups -OCH3 is 1. The average molecular weight is 294 g/mol. The fraction of sp³-hybridized carbons (Fsp3) is 0.533. The van der Waals surface area contributed by atoms with Gasteiger partial charge < -0.3 is 23.7 Å². The molecule has 6 heteroatoms. The summed E-state index contributed by atoms with van der Waals surface area (Å²) in [6, 6.07) is 0. The predicted molar refractivity (Wildman–Crippen MR) is 71.4 cm³/mol.